The van der Waals surface area contributed by atoms with Gasteiger partial charge in [-0.15, -0.1) is 0 Å². The Bertz CT molecular complexity index is 248. The van der Waals surface area contributed by atoms with Gasteiger partial charge in [-0.3, -0.25) is 4.79 Å². The predicted octanol–water partition coefficient (Wildman–Crippen LogP) is -1.18. The molecule has 1 rings (SSSR count). The Hall–Kier alpha value is -1.30. The number of urea groups is 1. The van der Waals surface area contributed by atoms with Crippen molar-refractivity contribution in [1.82, 2.24) is 15.1 Å². The van der Waals surface area contributed by atoms with E-state index in [2.05, 4.69) is 10.2 Å². The minimum atomic E-state index is -0.662. The number of piperazine rings is 1. The number of likely N-dealkylation sites (N-methyl/N-ethyl adjacent to an activating group) is 1. The summed E-state index contributed by atoms with van der Waals surface area (Å²) in [6.45, 7) is 4.80. The van der Waals surface area contributed by atoms with Gasteiger partial charge in [0.15, 0.2) is 0 Å². The highest BCUT2D eigenvalue weighted by Gasteiger charge is 2.23. The first-order valence-corrected chi connectivity index (χ1v) is 5.04. The van der Waals surface area contributed by atoms with Crippen molar-refractivity contribution in [1.29, 1.82) is 0 Å². The Balaban J connectivity index is 2.42. The number of hydrogen-bond donors (Lipinski definition) is 2. The minimum absolute atomic E-state index is 0.0677. The normalized spacial score (nSPS) is 19.7. The second-order valence-electron chi connectivity index (χ2n) is 3.86. The van der Waals surface area contributed by atoms with Crippen molar-refractivity contribution in [2.24, 2.45) is 5.73 Å². The molecular weight excluding hydrogens is 196 g/mol. The lowest BCUT2D eigenvalue weighted by molar-refractivity contribution is -0.134. The fraction of sp³-hybridized carbons (Fsp3) is 0.778. The first kappa shape index (κ1) is 11.8. The van der Waals surface area contributed by atoms with E-state index in [0.29, 0.717) is 13.1 Å². The summed E-state index contributed by atoms with van der Waals surface area (Å²) in [5.74, 6) is -0.0677. The van der Waals surface area contributed by atoms with E-state index in [1.807, 2.05) is 7.05 Å². The Morgan fingerprint density at radius 2 is 1.80 bits per heavy atom. The summed E-state index contributed by atoms with van der Waals surface area (Å²) in [4.78, 5) is 26.3. The molecule has 1 unspecified atom stereocenters. The molecule has 0 aliphatic carbocycles. The zero-order chi connectivity index (χ0) is 11.4. The molecule has 6 nitrogen and oxygen atoms in total. The summed E-state index contributed by atoms with van der Waals surface area (Å²) in [7, 11) is 2.02. The smallest absolute Gasteiger partial charge is 0.312 e. The van der Waals surface area contributed by atoms with E-state index < -0.39 is 12.1 Å². The SMILES string of the molecule is CC(NC(N)=O)C(=O)N1CCN(C)CC1. The van der Waals surface area contributed by atoms with Gasteiger partial charge in [0.25, 0.3) is 0 Å². The van der Waals surface area contributed by atoms with Crippen LogP contribution in [0.5, 0.6) is 0 Å². The molecule has 1 saturated heterocycles. The first-order valence-electron chi connectivity index (χ1n) is 5.04. The molecule has 1 heterocycles. The zero-order valence-corrected chi connectivity index (χ0v) is 9.19. The number of nitrogens with one attached hydrogen (secondary N) is 1. The molecule has 6 heteroatoms. The highest BCUT2D eigenvalue weighted by molar-refractivity contribution is 5.86. The van der Waals surface area contributed by atoms with Gasteiger partial charge in [0.1, 0.15) is 6.04 Å². The summed E-state index contributed by atoms with van der Waals surface area (Å²) in [6, 6.07) is -1.20. The van der Waals surface area contributed by atoms with Crippen molar-refractivity contribution in [2.45, 2.75) is 13.0 Å². The van der Waals surface area contributed by atoms with Gasteiger partial charge in [-0.1, -0.05) is 0 Å². The number of rotatable bonds is 2. The maximum Gasteiger partial charge on any atom is 0.312 e. The Kier molecular flexibility index (Phi) is 3.90. The van der Waals surface area contributed by atoms with Gasteiger partial charge in [-0.05, 0) is 14.0 Å². The second-order valence-corrected chi connectivity index (χ2v) is 3.86. The molecule has 86 valence electrons. The predicted molar refractivity (Wildman–Crippen MR) is 56.3 cm³/mol. The number of amides is 3. The minimum Gasteiger partial charge on any atom is -0.352 e. The van der Waals surface area contributed by atoms with E-state index in [4.69, 9.17) is 5.73 Å². The lowest BCUT2D eigenvalue weighted by Crippen LogP contribution is -2.54. The summed E-state index contributed by atoms with van der Waals surface area (Å²) in [5.41, 5.74) is 4.95. The zero-order valence-electron chi connectivity index (χ0n) is 9.19. The van der Waals surface area contributed by atoms with Crippen molar-refractivity contribution < 1.29 is 9.59 Å². The number of nitrogens with zero attached hydrogens (tertiary/aromatic N) is 2. The van der Waals surface area contributed by atoms with Crippen LogP contribution < -0.4 is 11.1 Å². The summed E-state index contributed by atoms with van der Waals surface area (Å²) >= 11 is 0. The molecule has 15 heavy (non-hydrogen) atoms. The van der Waals surface area contributed by atoms with Gasteiger partial charge in [-0.25, -0.2) is 4.79 Å². The van der Waals surface area contributed by atoms with Crippen LogP contribution in [-0.4, -0.2) is 61.0 Å². The molecule has 0 aromatic rings. The third-order valence-corrected chi connectivity index (χ3v) is 2.54. The topological polar surface area (TPSA) is 78.7 Å². The highest BCUT2D eigenvalue weighted by Crippen LogP contribution is 2.01. The van der Waals surface area contributed by atoms with E-state index >= 15 is 0 Å². The molecule has 3 amide bonds. The maximum absolute atomic E-state index is 11.8. The molecule has 0 aromatic carbocycles. The van der Waals surface area contributed by atoms with Crippen LogP contribution in [0.25, 0.3) is 0 Å². The van der Waals surface area contributed by atoms with E-state index in [9.17, 15) is 9.59 Å². The fourth-order valence-corrected chi connectivity index (χ4v) is 1.58. The number of carbonyl (C=O) groups is 2. The monoisotopic (exact) mass is 214 g/mol. The van der Waals surface area contributed by atoms with Gasteiger partial charge in [0, 0.05) is 26.2 Å². The molecule has 0 radical (unpaired) electrons. The van der Waals surface area contributed by atoms with Crippen LogP contribution in [0.3, 0.4) is 0 Å². The van der Waals surface area contributed by atoms with Crippen molar-refractivity contribution >= 4 is 11.9 Å². The standard InChI is InChI=1S/C9H18N4O2/c1-7(11-9(10)15)8(14)13-5-3-12(2)4-6-13/h7H,3-6H2,1-2H3,(H3,10,11,15). The Labute approximate surface area is 89.4 Å². The van der Waals surface area contributed by atoms with Gasteiger partial charge in [-0.2, -0.15) is 0 Å². The molecule has 0 saturated carbocycles. The fourth-order valence-electron chi connectivity index (χ4n) is 1.58. The molecule has 1 aliphatic heterocycles. The number of primary amides is 1. The Morgan fingerprint density at radius 3 is 2.27 bits per heavy atom. The van der Waals surface area contributed by atoms with Crippen LogP contribution in [0.4, 0.5) is 4.79 Å². The largest absolute Gasteiger partial charge is 0.352 e. The van der Waals surface area contributed by atoms with Crippen LogP contribution in [0.2, 0.25) is 0 Å². The third kappa shape index (κ3) is 3.39. The maximum atomic E-state index is 11.8. The molecule has 0 spiro atoms. The third-order valence-electron chi connectivity index (χ3n) is 2.54. The molecule has 1 fully saturated rings. The lowest BCUT2D eigenvalue weighted by Gasteiger charge is -2.33. The van der Waals surface area contributed by atoms with Gasteiger partial charge >= 0.3 is 6.03 Å². The van der Waals surface area contributed by atoms with Crippen LogP contribution in [-0.2, 0) is 4.79 Å². The molecule has 1 aliphatic rings. The second kappa shape index (κ2) is 4.97. The summed E-state index contributed by atoms with van der Waals surface area (Å²) in [6.07, 6.45) is 0. The van der Waals surface area contributed by atoms with Gasteiger partial charge in [0.05, 0.1) is 0 Å². The molecule has 0 bridgehead atoms. The van der Waals surface area contributed by atoms with Crippen molar-refractivity contribution in [3.05, 3.63) is 0 Å². The van der Waals surface area contributed by atoms with Crippen molar-refractivity contribution in [3.63, 3.8) is 0 Å². The lowest BCUT2D eigenvalue weighted by atomic mass is 10.2. The van der Waals surface area contributed by atoms with Crippen LogP contribution >= 0.6 is 0 Å². The van der Waals surface area contributed by atoms with Gasteiger partial charge < -0.3 is 20.9 Å². The Morgan fingerprint density at radius 1 is 1.27 bits per heavy atom. The summed E-state index contributed by atoms with van der Waals surface area (Å²) in [5, 5.41) is 2.39. The van der Waals surface area contributed by atoms with Crippen LogP contribution in [0.1, 0.15) is 6.92 Å². The molecule has 0 aromatic heterocycles. The first-order chi connectivity index (χ1) is 7.00. The van der Waals surface area contributed by atoms with Gasteiger partial charge in [0.2, 0.25) is 5.91 Å². The molecule has 3 N–H and O–H groups in total. The van der Waals surface area contributed by atoms with E-state index in [1.54, 1.807) is 11.8 Å². The van der Waals surface area contributed by atoms with E-state index in [-0.39, 0.29) is 5.91 Å². The van der Waals surface area contributed by atoms with Crippen LogP contribution in [0.15, 0.2) is 0 Å². The van der Waals surface area contributed by atoms with E-state index in [0.717, 1.165) is 13.1 Å². The quantitative estimate of drug-likeness (QED) is 0.607. The average molecular weight is 214 g/mol. The molecule has 1 atom stereocenters. The average Bonchev–Trinajstić information content (AvgIpc) is 2.17. The van der Waals surface area contributed by atoms with Crippen molar-refractivity contribution in [3.8, 4) is 0 Å². The highest BCUT2D eigenvalue weighted by atomic mass is 16.2. The van der Waals surface area contributed by atoms with E-state index in [1.165, 1.54) is 0 Å². The van der Waals surface area contributed by atoms with Crippen molar-refractivity contribution in [2.75, 3.05) is 33.2 Å². The number of hydrogen-bond acceptors (Lipinski definition) is 3. The van der Waals surface area contributed by atoms with Crippen LogP contribution in [0, 0.1) is 0 Å². The molecular formula is C9H18N4O2. The summed E-state index contributed by atoms with van der Waals surface area (Å²) < 4.78 is 0. The number of nitrogens with two attached hydrogens (primary N) is 1. The number of carbonyl (C=O) groups excluding carboxylic acids is 2.